The molecule has 0 saturated heterocycles. The molecular weight excluding hydrogens is 308 g/mol. The van der Waals surface area contributed by atoms with Gasteiger partial charge < -0.3 is 21.7 Å². The molecule has 7 heteroatoms. The van der Waals surface area contributed by atoms with Gasteiger partial charge in [-0.15, -0.1) is 0 Å². The van der Waals surface area contributed by atoms with Crippen LogP contribution in [0.2, 0.25) is 0 Å². The van der Waals surface area contributed by atoms with E-state index in [9.17, 15) is 14.4 Å². The van der Waals surface area contributed by atoms with Crippen molar-refractivity contribution in [1.82, 2.24) is 16.0 Å². The van der Waals surface area contributed by atoms with Crippen molar-refractivity contribution < 1.29 is 14.4 Å². The molecule has 0 aliphatic carbocycles. The molecule has 7 nitrogen and oxygen atoms in total. The number of carbonyl (C=O) groups excluding carboxylic acids is 3. The molecule has 0 aromatic heterocycles. The maximum absolute atomic E-state index is 12.0. The summed E-state index contributed by atoms with van der Waals surface area (Å²) in [4.78, 5) is 35.9. The van der Waals surface area contributed by atoms with Crippen LogP contribution in [0.15, 0.2) is 12.3 Å². The van der Waals surface area contributed by atoms with Gasteiger partial charge in [0.25, 0.3) is 0 Å². The van der Waals surface area contributed by atoms with Crippen molar-refractivity contribution in [3.63, 3.8) is 0 Å². The first-order valence-corrected chi connectivity index (χ1v) is 8.43. The van der Waals surface area contributed by atoms with Crippen LogP contribution in [0.25, 0.3) is 0 Å². The van der Waals surface area contributed by atoms with E-state index in [-0.39, 0.29) is 36.1 Å². The highest BCUT2D eigenvalue weighted by atomic mass is 16.2. The van der Waals surface area contributed by atoms with Crippen LogP contribution >= 0.6 is 0 Å². The molecule has 0 rings (SSSR count). The maximum Gasteiger partial charge on any atom is 0.242 e. The van der Waals surface area contributed by atoms with E-state index in [1.807, 2.05) is 27.7 Å². The predicted octanol–water partition coefficient (Wildman–Crippen LogP) is 0.514. The zero-order valence-corrected chi connectivity index (χ0v) is 15.4. The van der Waals surface area contributed by atoms with Gasteiger partial charge in [0.15, 0.2) is 0 Å². The minimum absolute atomic E-state index is 0.0395. The van der Waals surface area contributed by atoms with Gasteiger partial charge >= 0.3 is 0 Å². The summed E-state index contributed by atoms with van der Waals surface area (Å²) in [5, 5.41) is 7.80. The van der Waals surface area contributed by atoms with Gasteiger partial charge in [-0.05, 0) is 24.5 Å². The minimum Gasteiger partial charge on any atom is -0.405 e. The Balaban J connectivity index is 4.56. The smallest absolute Gasteiger partial charge is 0.242 e. The van der Waals surface area contributed by atoms with Gasteiger partial charge in [0.1, 0.15) is 6.04 Å². The summed E-state index contributed by atoms with van der Waals surface area (Å²) in [5.74, 6) is -0.701. The Morgan fingerprint density at radius 3 is 2.25 bits per heavy atom. The topological polar surface area (TPSA) is 113 Å². The molecular formula is C17H32N4O3. The average Bonchev–Trinajstić information content (AvgIpc) is 2.56. The van der Waals surface area contributed by atoms with E-state index in [0.29, 0.717) is 6.42 Å². The van der Waals surface area contributed by atoms with Gasteiger partial charge in [0.05, 0.1) is 6.54 Å². The van der Waals surface area contributed by atoms with E-state index in [0.717, 1.165) is 6.42 Å². The number of rotatable bonds is 10. The van der Waals surface area contributed by atoms with Gasteiger partial charge in [-0.2, -0.15) is 0 Å². The Morgan fingerprint density at radius 2 is 1.75 bits per heavy atom. The molecule has 0 bridgehead atoms. The second-order valence-corrected chi connectivity index (χ2v) is 6.22. The van der Waals surface area contributed by atoms with E-state index < -0.39 is 11.9 Å². The summed E-state index contributed by atoms with van der Waals surface area (Å²) in [6.07, 6.45) is 4.50. The van der Waals surface area contributed by atoms with E-state index in [2.05, 4.69) is 16.0 Å². The Bertz CT molecular complexity index is 451. The third-order valence-corrected chi connectivity index (χ3v) is 4.28. The lowest BCUT2D eigenvalue weighted by Gasteiger charge is -2.21. The SMILES string of the molecule is CCC(C)C(C)C(=O)NCC(=O)NC(CC(C)/C=C\N)C(=O)NC. The quantitative estimate of drug-likeness (QED) is 0.464. The Morgan fingerprint density at radius 1 is 1.12 bits per heavy atom. The normalized spacial score (nSPS) is 16.0. The van der Waals surface area contributed by atoms with E-state index in [1.54, 1.807) is 6.08 Å². The monoisotopic (exact) mass is 340 g/mol. The number of likely N-dealkylation sites (N-methyl/N-ethyl adjacent to an activating group) is 1. The molecule has 0 aliphatic heterocycles. The van der Waals surface area contributed by atoms with Gasteiger partial charge in [0, 0.05) is 13.0 Å². The zero-order valence-electron chi connectivity index (χ0n) is 15.4. The number of nitrogens with two attached hydrogens (primary N) is 1. The standard InChI is InChI=1S/C17H32N4O3/c1-6-12(3)13(4)16(23)20-10-15(22)21-14(17(24)19-5)9-11(2)7-8-18/h7-8,11-14H,6,9-10,18H2,1-5H3,(H,19,24)(H,20,23)(H,21,22)/b8-7-. The minimum atomic E-state index is -0.669. The molecule has 3 amide bonds. The summed E-state index contributed by atoms with van der Waals surface area (Å²) in [5.41, 5.74) is 5.34. The number of hydrogen-bond donors (Lipinski definition) is 4. The highest BCUT2D eigenvalue weighted by Gasteiger charge is 2.23. The fourth-order valence-corrected chi connectivity index (χ4v) is 2.23. The molecule has 0 spiro atoms. The van der Waals surface area contributed by atoms with Gasteiger partial charge in [-0.25, -0.2) is 0 Å². The lowest BCUT2D eigenvalue weighted by atomic mass is 9.93. The predicted molar refractivity (Wildman–Crippen MR) is 94.7 cm³/mol. The number of amides is 3. The van der Waals surface area contributed by atoms with Gasteiger partial charge in [-0.3, -0.25) is 14.4 Å². The average molecular weight is 340 g/mol. The van der Waals surface area contributed by atoms with Crippen LogP contribution in [0, 0.1) is 17.8 Å². The molecule has 0 aromatic rings. The number of allylic oxidation sites excluding steroid dienone is 1. The molecule has 0 saturated carbocycles. The molecule has 24 heavy (non-hydrogen) atoms. The van der Waals surface area contributed by atoms with Crippen LogP contribution in [0.5, 0.6) is 0 Å². The third-order valence-electron chi connectivity index (χ3n) is 4.28. The van der Waals surface area contributed by atoms with Crippen molar-refractivity contribution >= 4 is 17.7 Å². The largest absolute Gasteiger partial charge is 0.405 e. The van der Waals surface area contributed by atoms with Crippen molar-refractivity contribution in [3.8, 4) is 0 Å². The van der Waals surface area contributed by atoms with Crippen molar-refractivity contribution in [3.05, 3.63) is 12.3 Å². The lowest BCUT2D eigenvalue weighted by Crippen LogP contribution is -2.49. The molecule has 0 heterocycles. The van der Waals surface area contributed by atoms with Crippen molar-refractivity contribution in [2.45, 2.75) is 46.6 Å². The van der Waals surface area contributed by atoms with Crippen molar-refractivity contribution in [1.29, 1.82) is 0 Å². The second-order valence-electron chi connectivity index (χ2n) is 6.22. The second kappa shape index (κ2) is 11.5. The maximum atomic E-state index is 12.0. The Labute approximate surface area is 144 Å². The zero-order chi connectivity index (χ0) is 18.7. The summed E-state index contributed by atoms with van der Waals surface area (Å²) >= 11 is 0. The van der Waals surface area contributed by atoms with Crippen LogP contribution < -0.4 is 21.7 Å². The fourth-order valence-electron chi connectivity index (χ4n) is 2.23. The third kappa shape index (κ3) is 7.99. The lowest BCUT2D eigenvalue weighted by molar-refractivity contribution is -0.131. The summed E-state index contributed by atoms with van der Waals surface area (Å²) in [6.45, 7) is 7.62. The van der Waals surface area contributed by atoms with Gasteiger partial charge in [0.2, 0.25) is 17.7 Å². The molecule has 4 unspecified atom stereocenters. The van der Waals surface area contributed by atoms with Crippen molar-refractivity contribution in [2.75, 3.05) is 13.6 Å². The molecule has 0 aliphatic rings. The first-order valence-electron chi connectivity index (χ1n) is 8.43. The van der Waals surface area contributed by atoms with Crippen LogP contribution in [-0.2, 0) is 14.4 Å². The highest BCUT2D eigenvalue weighted by Crippen LogP contribution is 2.14. The Kier molecular flexibility index (Phi) is 10.5. The van der Waals surface area contributed by atoms with Crippen LogP contribution in [0.1, 0.15) is 40.5 Å². The number of nitrogens with one attached hydrogen (secondary N) is 3. The number of carbonyl (C=O) groups is 3. The molecule has 0 fully saturated rings. The first kappa shape index (κ1) is 21.9. The van der Waals surface area contributed by atoms with E-state index in [1.165, 1.54) is 13.2 Å². The molecule has 0 aromatic carbocycles. The molecule has 138 valence electrons. The molecule has 4 atom stereocenters. The Hall–Kier alpha value is -2.05. The summed E-state index contributed by atoms with van der Waals surface area (Å²) in [7, 11) is 1.51. The van der Waals surface area contributed by atoms with Crippen molar-refractivity contribution in [2.24, 2.45) is 23.5 Å². The fraction of sp³-hybridized carbons (Fsp3) is 0.706. The molecule has 5 N–H and O–H groups in total. The summed E-state index contributed by atoms with van der Waals surface area (Å²) in [6, 6.07) is -0.669. The van der Waals surface area contributed by atoms with E-state index in [4.69, 9.17) is 5.73 Å². The van der Waals surface area contributed by atoms with Gasteiger partial charge in [-0.1, -0.05) is 40.2 Å². The van der Waals surface area contributed by atoms with E-state index >= 15 is 0 Å². The number of hydrogen-bond acceptors (Lipinski definition) is 4. The van der Waals surface area contributed by atoms with Crippen LogP contribution in [-0.4, -0.2) is 37.4 Å². The molecule has 0 radical (unpaired) electrons. The van der Waals surface area contributed by atoms with Crippen LogP contribution in [0.3, 0.4) is 0 Å². The first-order chi connectivity index (χ1) is 11.3. The summed E-state index contributed by atoms with van der Waals surface area (Å²) < 4.78 is 0. The van der Waals surface area contributed by atoms with Crippen LogP contribution in [0.4, 0.5) is 0 Å². The highest BCUT2D eigenvalue weighted by molar-refractivity contribution is 5.90.